The highest BCUT2D eigenvalue weighted by Crippen LogP contribution is 2.19. The molecule has 0 aromatic heterocycles. The fourth-order valence-corrected chi connectivity index (χ4v) is 1.77. The average molecular weight is 327 g/mol. The summed E-state index contributed by atoms with van der Waals surface area (Å²) in [6.07, 6.45) is 0. The molecule has 0 bridgehead atoms. The van der Waals surface area contributed by atoms with E-state index in [-0.39, 0.29) is 21.4 Å². The van der Waals surface area contributed by atoms with Crippen molar-refractivity contribution in [2.75, 3.05) is 11.1 Å². The van der Waals surface area contributed by atoms with Crippen LogP contribution in [0.4, 0.5) is 20.2 Å². The first-order valence-corrected chi connectivity index (χ1v) is 6.07. The quantitative estimate of drug-likeness (QED) is 0.829. The number of carbonyl (C=O) groups is 1. The van der Waals surface area contributed by atoms with Crippen molar-refractivity contribution in [2.24, 2.45) is 0 Å². The number of nitrogen functional groups attached to an aromatic ring is 1. The zero-order valence-electron chi connectivity index (χ0n) is 9.58. The number of nitrogens with two attached hydrogens (primary N) is 1. The number of halogens is 3. The molecule has 19 heavy (non-hydrogen) atoms. The Labute approximate surface area is 116 Å². The number of hydrogen-bond donors (Lipinski definition) is 2. The summed E-state index contributed by atoms with van der Waals surface area (Å²) in [5, 5.41) is 2.45. The second-order valence-corrected chi connectivity index (χ2v) is 4.71. The van der Waals surface area contributed by atoms with Gasteiger partial charge >= 0.3 is 0 Å². The highest BCUT2D eigenvalue weighted by molar-refractivity contribution is 9.10. The minimum atomic E-state index is -0.558. The van der Waals surface area contributed by atoms with Crippen molar-refractivity contribution in [3.05, 3.63) is 58.1 Å². The van der Waals surface area contributed by atoms with E-state index in [2.05, 4.69) is 21.2 Å². The number of carbonyl (C=O) groups excluding carboxylic acids is 1. The van der Waals surface area contributed by atoms with Gasteiger partial charge in [-0.2, -0.15) is 0 Å². The third-order valence-corrected chi connectivity index (χ3v) is 3.00. The SMILES string of the molecule is Nc1cc(F)cc(NC(=O)c2ccc(Br)c(F)c2)c1. The molecule has 2 aromatic carbocycles. The maximum atomic E-state index is 13.3. The Balaban J connectivity index is 2.22. The Hall–Kier alpha value is -1.95. The van der Waals surface area contributed by atoms with Crippen molar-refractivity contribution >= 4 is 33.2 Å². The van der Waals surface area contributed by atoms with E-state index in [1.807, 2.05) is 0 Å². The Bertz CT molecular complexity index is 626. The predicted octanol–water partition coefficient (Wildman–Crippen LogP) is 3.56. The van der Waals surface area contributed by atoms with Crippen LogP contribution >= 0.6 is 15.9 Å². The lowest BCUT2D eigenvalue weighted by molar-refractivity contribution is 0.102. The Morgan fingerprint density at radius 1 is 1.16 bits per heavy atom. The topological polar surface area (TPSA) is 55.1 Å². The van der Waals surface area contributed by atoms with Gasteiger partial charge in [0.2, 0.25) is 0 Å². The smallest absolute Gasteiger partial charge is 0.255 e. The van der Waals surface area contributed by atoms with E-state index in [9.17, 15) is 13.6 Å². The molecular formula is C13H9BrF2N2O. The lowest BCUT2D eigenvalue weighted by Gasteiger charge is -2.07. The van der Waals surface area contributed by atoms with E-state index in [0.717, 1.165) is 18.2 Å². The zero-order chi connectivity index (χ0) is 14.0. The molecule has 0 heterocycles. The van der Waals surface area contributed by atoms with Crippen molar-refractivity contribution in [3.63, 3.8) is 0 Å². The van der Waals surface area contributed by atoms with Crippen LogP contribution in [0.3, 0.4) is 0 Å². The molecule has 0 fully saturated rings. The van der Waals surface area contributed by atoms with Gasteiger partial charge in [-0.25, -0.2) is 8.78 Å². The molecule has 2 rings (SSSR count). The van der Waals surface area contributed by atoms with Crippen LogP contribution in [-0.2, 0) is 0 Å². The van der Waals surface area contributed by atoms with Gasteiger partial charge in [-0.05, 0) is 52.3 Å². The van der Waals surface area contributed by atoms with Crippen molar-refractivity contribution in [3.8, 4) is 0 Å². The number of nitrogens with one attached hydrogen (secondary N) is 1. The van der Waals surface area contributed by atoms with Crippen molar-refractivity contribution in [1.29, 1.82) is 0 Å². The minimum absolute atomic E-state index is 0.128. The van der Waals surface area contributed by atoms with Gasteiger partial charge in [0.05, 0.1) is 4.47 Å². The first-order chi connectivity index (χ1) is 8.95. The normalized spacial score (nSPS) is 10.3. The van der Waals surface area contributed by atoms with Crippen LogP contribution in [0.25, 0.3) is 0 Å². The van der Waals surface area contributed by atoms with E-state index in [1.54, 1.807) is 0 Å². The van der Waals surface area contributed by atoms with Crippen LogP contribution in [0.1, 0.15) is 10.4 Å². The van der Waals surface area contributed by atoms with Crippen LogP contribution in [0.5, 0.6) is 0 Å². The molecular weight excluding hydrogens is 318 g/mol. The molecule has 0 radical (unpaired) electrons. The maximum absolute atomic E-state index is 13.3. The lowest BCUT2D eigenvalue weighted by atomic mass is 10.2. The molecule has 0 aliphatic heterocycles. The predicted molar refractivity (Wildman–Crippen MR) is 72.9 cm³/mol. The van der Waals surface area contributed by atoms with Gasteiger partial charge in [0.15, 0.2) is 0 Å². The number of amides is 1. The van der Waals surface area contributed by atoms with Crippen LogP contribution in [-0.4, -0.2) is 5.91 Å². The van der Waals surface area contributed by atoms with Crippen molar-refractivity contribution in [2.45, 2.75) is 0 Å². The van der Waals surface area contributed by atoms with E-state index >= 15 is 0 Å². The molecule has 0 aliphatic carbocycles. The number of anilines is 2. The summed E-state index contributed by atoms with van der Waals surface area (Å²) in [4.78, 5) is 11.8. The summed E-state index contributed by atoms with van der Waals surface area (Å²) in [7, 11) is 0. The first-order valence-electron chi connectivity index (χ1n) is 5.28. The summed E-state index contributed by atoms with van der Waals surface area (Å²) in [6, 6.07) is 7.63. The average Bonchev–Trinajstić information content (AvgIpc) is 2.31. The summed E-state index contributed by atoms with van der Waals surface area (Å²) in [5.41, 5.74) is 5.99. The molecule has 0 aliphatic rings. The second-order valence-electron chi connectivity index (χ2n) is 3.86. The van der Waals surface area contributed by atoms with Gasteiger partial charge in [-0.3, -0.25) is 4.79 Å². The number of rotatable bonds is 2. The molecule has 0 saturated carbocycles. The second kappa shape index (κ2) is 5.36. The van der Waals surface area contributed by atoms with Gasteiger partial charge in [-0.15, -0.1) is 0 Å². The maximum Gasteiger partial charge on any atom is 0.255 e. The fraction of sp³-hybridized carbons (Fsp3) is 0. The highest BCUT2D eigenvalue weighted by Gasteiger charge is 2.10. The zero-order valence-corrected chi connectivity index (χ0v) is 11.2. The Morgan fingerprint density at radius 2 is 1.89 bits per heavy atom. The summed E-state index contributed by atoms with van der Waals surface area (Å²) in [5.74, 6) is -1.65. The van der Waals surface area contributed by atoms with E-state index < -0.39 is 17.5 Å². The third-order valence-electron chi connectivity index (χ3n) is 2.36. The largest absolute Gasteiger partial charge is 0.399 e. The molecule has 6 heteroatoms. The van der Waals surface area contributed by atoms with Crippen LogP contribution < -0.4 is 11.1 Å². The fourth-order valence-electron chi connectivity index (χ4n) is 1.53. The van der Waals surface area contributed by atoms with Crippen LogP contribution in [0, 0.1) is 11.6 Å². The summed E-state index contributed by atoms with van der Waals surface area (Å²) >= 11 is 2.99. The summed E-state index contributed by atoms with van der Waals surface area (Å²) < 4.78 is 26.7. The van der Waals surface area contributed by atoms with E-state index in [1.165, 1.54) is 18.2 Å². The molecule has 98 valence electrons. The minimum Gasteiger partial charge on any atom is -0.399 e. The van der Waals surface area contributed by atoms with E-state index in [0.29, 0.717) is 0 Å². The standard InChI is InChI=1S/C13H9BrF2N2O/c14-11-2-1-7(3-12(11)16)13(19)18-10-5-8(15)4-9(17)6-10/h1-6H,17H2,(H,18,19). The number of hydrogen-bond acceptors (Lipinski definition) is 2. The molecule has 0 saturated heterocycles. The monoisotopic (exact) mass is 326 g/mol. The summed E-state index contributed by atoms with van der Waals surface area (Å²) in [6.45, 7) is 0. The first kappa shape index (κ1) is 13.5. The van der Waals surface area contributed by atoms with Gasteiger partial charge in [0.1, 0.15) is 11.6 Å². The third kappa shape index (κ3) is 3.29. The van der Waals surface area contributed by atoms with Gasteiger partial charge in [0, 0.05) is 16.9 Å². The molecule has 3 nitrogen and oxygen atoms in total. The molecule has 2 aromatic rings. The van der Waals surface area contributed by atoms with Crippen molar-refractivity contribution in [1.82, 2.24) is 0 Å². The highest BCUT2D eigenvalue weighted by atomic mass is 79.9. The van der Waals surface area contributed by atoms with Crippen LogP contribution in [0.2, 0.25) is 0 Å². The lowest BCUT2D eigenvalue weighted by Crippen LogP contribution is -2.12. The Kier molecular flexibility index (Phi) is 3.80. The molecule has 3 N–H and O–H groups in total. The molecule has 1 amide bonds. The number of benzene rings is 2. The van der Waals surface area contributed by atoms with Crippen LogP contribution in [0.15, 0.2) is 40.9 Å². The molecule has 0 spiro atoms. The van der Waals surface area contributed by atoms with E-state index in [4.69, 9.17) is 5.73 Å². The van der Waals surface area contributed by atoms with Crippen molar-refractivity contribution < 1.29 is 13.6 Å². The van der Waals surface area contributed by atoms with Gasteiger partial charge in [-0.1, -0.05) is 0 Å². The Morgan fingerprint density at radius 3 is 2.53 bits per heavy atom. The van der Waals surface area contributed by atoms with Gasteiger partial charge in [0.25, 0.3) is 5.91 Å². The molecule has 0 unspecified atom stereocenters. The van der Waals surface area contributed by atoms with Gasteiger partial charge < -0.3 is 11.1 Å². The molecule has 0 atom stereocenters.